The summed E-state index contributed by atoms with van der Waals surface area (Å²) in [5.41, 5.74) is 1.92. The van der Waals surface area contributed by atoms with Crippen molar-refractivity contribution in [1.29, 1.82) is 0 Å². The highest BCUT2D eigenvalue weighted by Gasteiger charge is 2.24. The molecule has 2 aromatic rings. The van der Waals surface area contributed by atoms with E-state index in [2.05, 4.69) is 33.7 Å². The van der Waals surface area contributed by atoms with Gasteiger partial charge in [-0.3, -0.25) is 4.98 Å². The molecular formula is C15H21N5. The van der Waals surface area contributed by atoms with Gasteiger partial charge in [-0.25, -0.2) is 9.97 Å². The number of aromatic nitrogens is 4. The Morgan fingerprint density at radius 1 is 1.35 bits per heavy atom. The molecule has 0 bridgehead atoms. The lowest BCUT2D eigenvalue weighted by molar-refractivity contribution is 0.166. The Hall–Kier alpha value is -1.75. The smallest absolute Gasteiger partial charge is 0.157 e. The van der Waals surface area contributed by atoms with E-state index in [0.29, 0.717) is 12.0 Å². The van der Waals surface area contributed by atoms with Crippen LogP contribution in [0.3, 0.4) is 0 Å². The minimum Gasteiger partial charge on any atom is -0.343 e. The van der Waals surface area contributed by atoms with E-state index in [1.165, 1.54) is 19.4 Å². The zero-order valence-electron chi connectivity index (χ0n) is 12.1. The molecule has 1 atom stereocenters. The van der Waals surface area contributed by atoms with Crippen molar-refractivity contribution in [2.24, 2.45) is 0 Å². The predicted molar refractivity (Wildman–Crippen MR) is 78.3 cm³/mol. The predicted octanol–water partition coefficient (Wildman–Crippen LogP) is 2.45. The van der Waals surface area contributed by atoms with Crippen LogP contribution in [0.2, 0.25) is 0 Å². The van der Waals surface area contributed by atoms with E-state index in [9.17, 15) is 0 Å². The van der Waals surface area contributed by atoms with Crippen LogP contribution in [0, 0.1) is 0 Å². The van der Waals surface area contributed by atoms with Gasteiger partial charge in [0, 0.05) is 37.1 Å². The summed E-state index contributed by atoms with van der Waals surface area (Å²) in [6, 6.07) is 0.596. The van der Waals surface area contributed by atoms with E-state index >= 15 is 0 Å². The average molecular weight is 271 g/mol. The van der Waals surface area contributed by atoms with Gasteiger partial charge < -0.3 is 9.88 Å². The van der Waals surface area contributed by atoms with Gasteiger partial charge in [0.1, 0.15) is 5.69 Å². The number of piperidine rings is 1. The maximum absolute atomic E-state index is 4.75. The zero-order chi connectivity index (χ0) is 13.9. The van der Waals surface area contributed by atoms with E-state index in [0.717, 1.165) is 23.8 Å². The van der Waals surface area contributed by atoms with Crippen molar-refractivity contribution >= 4 is 0 Å². The maximum Gasteiger partial charge on any atom is 0.157 e. The van der Waals surface area contributed by atoms with Crippen LogP contribution in [0.15, 0.2) is 24.8 Å². The molecule has 106 valence electrons. The molecule has 1 fully saturated rings. The average Bonchev–Trinajstić information content (AvgIpc) is 3.02. The minimum atomic E-state index is 0.480. The number of H-pyrrole nitrogens is 1. The number of nitrogens with zero attached hydrogens (tertiary/aromatic N) is 4. The number of nitrogens with one attached hydrogen (secondary N) is 1. The molecule has 1 saturated heterocycles. The largest absolute Gasteiger partial charge is 0.343 e. The van der Waals surface area contributed by atoms with Gasteiger partial charge in [0.15, 0.2) is 5.82 Å². The fraction of sp³-hybridized carbons (Fsp3) is 0.533. The number of imidazole rings is 1. The summed E-state index contributed by atoms with van der Waals surface area (Å²) in [4.78, 5) is 19.0. The van der Waals surface area contributed by atoms with E-state index in [1.54, 1.807) is 12.4 Å². The van der Waals surface area contributed by atoms with Crippen LogP contribution in [0.1, 0.15) is 38.3 Å². The molecule has 3 rings (SSSR count). The number of hydrogen-bond acceptors (Lipinski definition) is 4. The van der Waals surface area contributed by atoms with Crippen LogP contribution in [-0.4, -0.2) is 44.0 Å². The van der Waals surface area contributed by atoms with Crippen LogP contribution in [-0.2, 0) is 0 Å². The Morgan fingerprint density at radius 3 is 3.00 bits per heavy atom. The Morgan fingerprint density at radius 2 is 2.25 bits per heavy atom. The summed E-state index contributed by atoms with van der Waals surface area (Å²) in [6.07, 6.45) is 9.65. The molecule has 1 aliphatic rings. The van der Waals surface area contributed by atoms with Gasteiger partial charge in [0.2, 0.25) is 0 Å². The molecule has 0 aromatic carbocycles. The molecule has 0 spiro atoms. The monoisotopic (exact) mass is 271 g/mol. The van der Waals surface area contributed by atoms with Crippen LogP contribution in [0.4, 0.5) is 0 Å². The number of aromatic amines is 1. The summed E-state index contributed by atoms with van der Waals surface area (Å²) in [5, 5.41) is 0. The highest BCUT2D eigenvalue weighted by atomic mass is 15.2. The molecule has 0 radical (unpaired) electrons. The van der Waals surface area contributed by atoms with E-state index in [4.69, 9.17) is 4.98 Å². The SMILES string of the molecule is CC(C)N1CCCC(c2cncc(-c3ncc[nH]3)n2)C1. The standard InChI is InChI=1S/C15H21N5/c1-11(2)20-7-3-4-12(10-20)13-8-16-9-14(19-13)15-17-5-6-18-15/h5-6,8-9,11-12H,3-4,7,10H2,1-2H3,(H,17,18). The Kier molecular flexibility index (Phi) is 3.78. The first-order chi connectivity index (χ1) is 9.74. The molecule has 3 heterocycles. The molecule has 5 nitrogen and oxygen atoms in total. The first kappa shape index (κ1) is 13.2. The number of likely N-dealkylation sites (tertiary alicyclic amines) is 1. The summed E-state index contributed by atoms with van der Waals surface area (Å²) < 4.78 is 0. The lowest BCUT2D eigenvalue weighted by atomic mass is 9.94. The third-order valence-electron chi connectivity index (χ3n) is 4.00. The summed E-state index contributed by atoms with van der Waals surface area (Å²) in [5.74, 6) is 1.27. The van der Waals surface area contributed by atoms with Gasteiger partial charge in [0.25, 0.3) is 0 Å². The van der Waals surface area contributed by atoms with Gasteiger partial charge in [0.05, 0.1) is 11.9 Å². The van der Waals surface area contributed by atoms with Gasteiger partial charge in [-0.15, -0.1) is 0 Å². The molecular weight excluding hydrogens is 250 g/mol. The first-order valence-corrected chi connectivity index (χ1v) is 7.30. The molecule has 0 amide bonds. The van der Waals surface area contributed by atoms with E-state index in [-0.39, 0.29) is 0 Å². The molecule has 20 heavy (non-hydrogen) atoms. The normalized spacial score (nSPS) is 20.4. The van der Waals surface area contributed by atoms with Crippen molar-refractivity contribution < 1.29 is 0 Å². The second-order valence-electron chi connectivity index (χ2n) is 5.69. The minimum absolute atomic E-state index is 0.480. The number of rotatable bonds is 3. The van der Waals surface area contributed by atoms with Gasteiger partial charge >= 0.3 is 0 Å². The van der Waals surface area contributed by atoms with Gasteiger partial charge in [-0.05, 0) is 33.2 Å². The molecule has 0 saturated carbocycles. The van der Waals surface area contributed by atoms with Crippen molar-refractivity contribution in [3.8, 4) is 11.5 Å². The topological polar surface area (TPSA) is 57.7 Å². The zero-order valence-corrected chi connectivity index (χ0v) is 12.1. The quantitative estimate of drug-likeness (QED) is 0.931. The fourth-order valence-electron chi connectivity index (χ4n) is 2.81. The lowest BCUT2D eigenvalue weighted by Gasteiger charge is -2.35. The molecule has 2 aromatic heterocycles. The summed E-state index contributed by atoms with van der Waals surface area (Å²) >= 11 is 0. The summed E-state index contributed by atoms with van der Waals surface area (Å²) in [7, 11) is 0. The Labute approximate surface area is 119 Å². The van der Waals surface area contributed by atoms with E-state index < -0.39 is 0 Å². The molecule has 5 heteroatoms. The highest BCUT2D eigenvalue weighted by molar-refractivity contribution is 5.47. The maximum atomic E-state index is 4.75. The van der Waals surface area contributed by atoms with Crippen molar-refractivity contribution in [2.45, 2.75) is 38.6 Å². The van der Waals surface area contributed by atoms with Crippen LogP contribution in [0.5, 0.6) is 0 Å². The highest BCUT2D eigenvalue weighted by Crippen LogP contribution is 2.27. The Bertz CT molecular complexity index is 549. The van der Waals surface area contributed by atoms with Crippen LogP contribution >= 0.6 is 0 Å². The number of hydrogen-bond donors (Lipinski definition) is 1. The van der Waals surface area contributed by atoms with Crippen LogP contribution < -0.4 is 0 Å². The van der Waals surface area contributed by atoms with Gasteiger partial charge in [-0.2, -0.15) is 0 Å². The lowest BCUT2D eigenvalue weighted by Crippen LogP contribution is -2.39. The summed E-state index contributed by atoms with van der Waals surface area (Å²) in [6.45, 7) is 6.79. The van der Waals surface area contributed by atoms with Crippen molar-refractivity contribution in [1.82, 2.24) is 24.8 Å². The third-order valence-corrected chi connectivity index (χ3v) is 4.00. The van der Waals surface area contributed by atoms with Crippen molar-refractivity contribution in [2.75, 3.05) is 13.1 Å². The molecule has 0 aliphatic carbocycles. The second kappa shape index (κ2) is 5.71. The Balaban J connectivity index is 1.81. The second-order valence-corrected chi connectivity index (χ2v) is 5.69. The first-order valence-electron chi connectivity index (χ1n) is 7.30. The molecule has 1 aliphatic heterocycles. The molecule has 1 unspecified atom stereocenters. The van der Waals surface area contributed by atoms with Crippen molar-refractivity contribution in [3.63, 3.8) is 0 Å². The van der Waals surface area contributed by atoms with Crippen molar-refractivity contribution in [3.05, 3.63) is 30.5 Å². The van der Waals surface area contributed by atoms with Crippen LogP contribution in [0.25, 0.3) is 11.5 Å². The third kappa shape index (κ3) is 2.72. The van der Waals surface area contributed by atoms with E-state index in [1.807, 2.05) is 12.4 Å². The van der Waals surface area contributed by atoms with Gasteiger partial charge in [-0.1, -0.05) is 0 Å². The molecule has 1 N–H and O–H groups in total. The fourth-order valence-corrected chi connectivity index (χ4v) is 2.81.